The lowest BCUT2D eigenvalue weighted by atomic mass is 9.94. The maximum Gasteiger partial charge on any atom is 0.320 e. The van der Waals surface area contributed by atoms with Gasteiger partial charge in [-0.2, -0.15) is 0 Å². The van der Waals surface area contributed by atoms with Gasteiger partial charge in [-0.25, -0.2) is 14.2 Å². The van der Waals surface area contributed by atoms with E-state index in [-0.39, 0.29) is 24.1 Å². The number of nitrogens with zero attached hydrogens (tertiary/aromatic N) is 3. The predicted octanol–water partition coefficient (Wildman–Crippen LogP) is 5.60. The molecule has 1 fully saturated rings. The molecular formula is C30H27FN4O3. The minimum Gasteiger partial charge on any atom is -0.491 e. The van der Waals surface area contributed by atoms with Crippen LogP contribution in [0.25, 0.3) is 22.5 Å². The Bertz CT molecular complexity index is 1450. The number of H-pyrrole nitrogens is 1. The number of halogens is 1. The van der Waals surface area contributed by atoms with Crippen molar-refractivity contribution >= 4 is 11.8 Å². The molecule has 7 nitrogen and oxygen atoms in total. The summed E-state index contributed by atoms with van der Waals surface area (Å²) in [6.07, 6.45) is 4.08. The van der Waals surface area contributed by atoms with Gasteiger partial charge in [0.05, 0.1) is 19.1 Å². The molecule has 0 bridgehead atoms. The largest absolute Gasteiger partial charge is 0.491 e. The average Bonchev–Trinajstić information content (AvgIpc) is 3.40. The summed E-state index contributed by atoms with van der Waals surface area (Å²) in [7, 11) is 0. The molecule has 1 aromatic heterocycles. The molecule has 0 aliphatic carbocycles. The van der Waals surface area contributed by atoms with Crippen molar-refractivity contribution in [3.05, 3.63) is 96.1 Å². The van der Waals surface area contributed by atoms with Crippen LogP contribution in [0.5, 0.6) is 5.75 Å². The molecule has 8 heteroatoms. The number of carbonyl (C=O) groups is 2. The molecule has 1 atom stereocenters. The first kappa shape index (κ1) is 23.9. The molecule has 2 aliphatic rings. The van der Waals surface area contributed by atoms with E-state index in [4.69, 9.17) is 4.74 Å². The van der Waals surface area contributed by atoms with Gasteiger partial charge in [-0.1, -0.05) is 42.5 Å². The van der Waals surface area contributed by atoms with E-state index in [2.05, 4.69) is 28.2 Å². The van der Waals surface area contributed by atoms with Crippen molar-refractivity contribution < 1.29 is 18.7 Å². The second-order valence-corrected chi connectivity index (χ2v) is 9.64. The quantitative estimate of drug-likeness (QED) is 0.389. The SMILES string of the molecule is O=C1CCN(C(=O)N2CCOc3ccc(-c4ccc(-c5ncc[nH]5)cc4)cc3C2)[C@@H](c2ccc(F)cc2)C1. The molecule has 6 rings (SSSR count). The number of aromatic nitrogens is 2. The van der Waals surface area contributed by atoms with Gasteiger partial charge in [-0.05, 0) is 41.0 Å². The third kappa shape index (κ3) is 4.77. The minimum absolute atomic E-state index is 0.107. The Morgan fingerprint density at radius 3 is 2.50 bits per heavy atom. The number of hydrogen-bond donors (Lipinski definition) is 1. The van der Waals surface area contributed by atoms with Crippen molar-refractivity contribution in [2.24, 2.45) is 0 Å². The van der Waals surface area contributed by atoms with Crippen LogP contribution >= 0.6 is 0 Å². The Balaban J connectivity index is 1.24. The van der Waals surface area contributed by atoms with E-state index in [0.717, 1.165) is 39.4 Å². The number of piperidine rings is 1. The van der Waals surface area contributed by atoms with Crippen molar-refractivity contribution in [2.45, 2.75) is 25.4 Å². The summed E-state index contributed by atoms with van der Waals surface area (Å²) in [5, 5.41) is 0. The fourth-order valence-electron chi connectivity index (χ4n) is 5.20. The van der Waals surface area contributed by atoms with E-state index in [1.807, 2.05) is 24.3 Å². The summed E-state index contributed by atoms with van der Waals surface area (Å²) in [6, 6.07) is 19.7. The Hall–Kier alpha value is -4.46. The lowest BCUT2D eigenvalue weighted by Crippen LogP contribution is -2.48. The molecule has 38 heavy (non-hydrogen) atoms. The molecule has 1 N–H and O–H groups in total. The molecule has 0 radical (unpaired) electrons. The van der Waals surface area contributed by atoms with Gasteiger partial charge in [0.15, 0.2) is 0 Å². The third-order valence-electron chi connectivity index (χ3n) is 7.23. The Morgan fingerprint density at radius 1 is 0.974 bits per heavy atom. The van der Waals surface area contributed by atoms with Crippen LogP contribution < -0.4 is 4.74 Å². The Labute approximate surface area is 219 Å². The standard InChI is InChI=1S/C30H27FN4O3/c31-25-8-5-21(6-9-25)27-18-26(36)11-14-35(27)30(37)34-15-16-38-28-10-7-23(17-24(28)19-34)20-1-3-22(4-2-20)29-32-12-13-33-29/h1-10,12-13,17,27H,11,14-16,18-19H2,(H,32,33)/t27-/m1/s1. The first-order valence-corrected chi connectivity index (χ1v) is 12.7. The molecule has 1 saturated heterocycles. The van der Waals surface area contributed by atoms with Crippen LogP contribution in [-0.4, -0.2) is 51.3 Å². The molecule has 0 spiro atoms. The van der Waals surface area contributed by atoms with Gasteiger partial charge in [-0.3, -0.25) is 4.79 Å². The van der Waals surface area contributed by atoms with E-state index >= 15 is 0 Å². The van der Waals surface area contributed by atoms with Gasteiger partial charge in [0.2, 0.25) is 0 Å². The first-order chi connectivity index (χ1) is 18.5. The van der Waals surface area contributed by atoms with Crippen molar-refractivity contribution in [1.29, 1.82) is 0 Å². The zero-order chi connectivity index (χ0) is 26.1. The topological polar surface area (TPSA) is 78.5 Å². The van der Waals surface area contributed by atoms with Crippen LogP contribution in [0, 0.1) is 5.82 Å². The van der Waals surface area contributed by atoms with Crippen molar-refractivity contribution in [1.82, 2.24) is 19.8 Å². The van der Waals surface area contributed by atoms with Crippen LogP contribution in [0.3, 0.4) is 0 Å². The molecule has 4 aromatic rings. The van der Waals surface area contributed by atoms with Crippen molar-refractivity contribution in [3.63, 3.8) is 0 Å². The number of urea groups is 1. The smallest absolute Gasteiger partial charge is 0.320 e. The summed E-state index contributed by atoms with van der Waals surface area (Å²) in [5.41, 5.74) is 4.77. The molecule has 0 unspecified atom stereocenters. The number of nitrogens with one attached hydrogen (secondary N) is 1. The molecule has 3 aromatic carbocycles. The second kappa shape index (κ2) is 10.1. The van der Waals surface area contributed by atoms with Gasteiger partial charge in [0, 0.05) is 42.9 Å². The van der Waals surface area contributed by atoms with Crippen molar-refractivity contribution in [3.8, 4) is 28.3 Å². The lowest BCUT2D eigenvalue weighted by molar-refractivity contribution is -0.122. The number of benzene rings is 3. The molecule has 0 saturated carbocycles. The highest BCUT2D eigenvalue weighted by Crippen LogP contribution is 2.33. The van der Waals surface area contributed by atoms with Gasteiger partial charge in [0.1, 0.15) is 29.8 Å². The number of Topliss-reactive ketones (excluding diaryl/α,β-unsaturated/α-hetero) is 1. The fourth-order valence-corrected chi connectivity index (χ4v) is 5.20. The van der Waals surface area contributed by atoms with Crippen LogP contribution in [-0.2, 0) is 11.3 Å². The number of ketones is 1. The summed E-state index contributed by atoms with van der Waals surface area (Å²) in [4.78, 5) is 37.0. The van der Waals surface area contributed by atoms with E-state index in [0.29, 0.717) is 32.7 Å². The lowest BCUT2D eigenvalue weighted by Gasteiger charge is -2.38. The van der Waals surface area contributed by atoms with Crippen LogP contribution in [0.2, 0.25) is 0 Å². The van der Waals surface area contributed by atoms with Crippen LogP contribution in [0.4, 0.5) is 9.18 Å². The van der Waals surface area contributed by atoms with Gasteiger partial charge >= 0.3 is 6.03 Å². The number of rotatable bonds is 3. The maximum atomic E-state index is 13.8. The van der Waals surface area contributed by atoms with Crippen LogP contribution in [0.1, 0.15) is 30.0 Å². The highest BCUT2D eigenvalue weighted by atomic mass is 19.1. The molecular weight excluding hydrogens is 483 g/mol. The number of hydrogen-bond acceptors (Lipinski definition) is 4. The van der Waals surface area contributed by atoms with Gasteiger partial charge < -0.3 is 19.5 Å². The zero-order valence-corrected chi connectivity index (χ0v) is 20.8. The van der Waals surface area contributed by atoms with Crippen molar-refractivity contribution in [2.75, 3.05) is 19.7 Å². The van der Waals surface area contributed by atoms with E-state index < -0.39 is 6.04 Å². The normalized spacial score (nSPS) is 17.5. The zero-order valence-electron chi connectivity index (χ0n) is 20.8. The summed E-state index contributed by atoms with van der Waals surface area (Å²) < 4.78 is 19.5. The number of ether oxygens (including phenoxy) is 1. The highest BCUT2D eigenvalue weighted by Gasteiger charge is 2.35. The van der Waals surface area contributed by atoms with Crippen LogP contribution in [0.15, 0.2) is 79.1 Å². The molecule has 3 heterocycles. The van der Waals surface area contributed by atoms with E-state index in [1.165, 1.54) is 12.1 Å². The monoisotopic (exact) mass is 510 g/mol. The number of carbonyl (C=O) groups excluding carboxylic acids is 2. The number of amides is 2. The predicted molar refractivity (Wildman–Crippen MR) is 141 cm³/mol. The maximum absolute atomic E-state index is 13.8. The van der Waals surface area contributed by atoms with E-state index in [9.17, 15) is 14.0 Å². The number of aromatic amines is 1. The Morgan fingerprint density at radius 2 is 1.74 bits per heavy atom. The number of likely N-dealkylation sites (tertiary alicyclic amines) is 1. The number of fused-ring (bicyclic) bond motifs is 1. The summed E-state index contributed by atoms with van der Waals surface area (Å²) in [5.74, 6) is 1.34. The second-order valence-electron chi connectivity index (χ2n) is 9.64. The molecule has 192 valence electrons. The highest BCUT2D eigenvalue weighted by molar-refractivity contribution is 5.84. The van der Waals surface area contributed by atoms with E-state index in [1.54, 1.807) is 34.3 Å². The minimum atomic E-state index is -0.410. The Kier molecular flexibility index (Phi) is 6.37. The summed E-state index contributed by atoms with van der Waals surface area (Å²) >= 11 is 0. The fraction of sp³-hybridized carbons (Fsp3) is 0.233. The van der Waals surface area contributed by atoms with Gasteiger partial charge in [-0.15, -0.1) is 0 Å². The summed E-state index contributed by atoms with van der Waals surface area (Å²) in [6.45, 7) is 1.55. The van der Waals surface area contributed by atoms with Gasteiger partial charge in [0.25, 0.3) is 0 Å². The average molecular weight is 511 g/mol. The molecule has 2 amide bonds. The first-order valence-electron chi connectivity index (χ1n) is 12.7. The molecule has 2 aliphatic heterocycles. The number of imidazole rings is 1. The third-order valence-corrected chi connectivity index (χ3v) is 7.23.